The summed E-state index contributed by atoms with van der Waals surface area (Å²) in [7, 11) is 0. The molecule has 1 unspecified atom stereocenters. The minimum atomic E-state index is -0.266. The Morgan fingerprint density at radius 1 is 1.26 bits per heavy atom. The van der Waals surface area contributed by atoms with Gasteiger partial charge in [0.15, 0.2) is 5.69 Å². The number of hydrogen-bond donors (Lipinski definition) is 2. The molecule has 0 spiro atoms. The number of aromatic nitrogens is 2. The summed E-state index contributed by atoms with van der Waals surface area (Å²) in [5.41, 5.74) is 2.07. The smallest absolute Gasteiger partial charge is 0.276 e. The average molecular weight is 312 g/mol. The number of hydrogen-bond acceptors (Lipinski definition) is 5. The lowest BCUT2D eigenvalue weighted by Crippen LogP contribution is -2.20. The Bertz CT molecular complexity index is 667. The van der Waals surface area contributed by atoms with E-state index in [2.05, 4.69) is 20.8 Å². The zero-order valence-corrected chi connectivity index (χ0v) is 13.1. The van der Waals surface area contributed by atoms with Gasteiger partial charge in [-0.1, -0.05) is 18.2 Å². The van der Waals surface area contributed by atoms with Crippen molar-refractivity contribution in [2.45, 2.75) is 25.9 Å². The third-order valence-corrected chi connectivity index (χ3v) is 3.83. The first-order chi connectivity index (χ1) is 11.2. The highest BCUT2D eigenvalue weighted by Crippen LogP contribution is 2.15. The summed E-state index contributed by atoms with van der Waals surface area (Å²) < 4.78 is 5.54. The highest BCUT2D eigenvalue weighted by atomic mass is 16.5. The Kier molecular flexibility index (Phi) is 4.83. The molecule has 23 heavy (non-hydrogen) atoms. The molecule has 3 rings (SSSR count). The van der Waals surface area contributed by atoms with E-state index in [-0.39, 0.29) is 17.7 Å². The topological polar surface area (TPSA) is 76.1 Å². The van der Waals surface area contributed by atoms with Gasteiger partial charge in [-0.15, -0.1) is 10.2 Å². The number of ether oxygens (including phenoxy) is 1. The summed E-state index contributed by atoms with van der Waals surface area (Å²) in [5, 5.41) is 14.1. The number of rotatable bonds is 5. The van der Waals surface area contributed by atoms with Crippen LogP contribution in [0.15, 0.2) is 36.4 Å². The van der Waals surface area contributed by atoms with E-state index in [1.165, 1.54) is 0 Å². The number of nitrogens with zero attached hydrogens (tertiary/aromatic N) is 2. The molecule has 1 aromatic carbocycles. The number of amides is 1. The lowest BCUT2D eigenvalue weighted by Gasteiger charge is -2.11. The van der Waals surface area contributed by atoms with E-state index in [0.29, 0.717) is 12.4 Å². The van der Waals surface area contributed by atoms with Crippen LogP contribution < -0.4 is 10.6 Å². The fourth-order valence-corrected chi connectivity index (χ4v) is 2.47. The molecule has 2 N–H and O–H groups in total. The molecule has 6 nitrogen and oxygen atoms in total. The number of nitrogens with one attached hydrogen (secondary N) is 2. The Labute approximate surface area is 135 Å². The van der Waals surface area contributed by atoms with Crippen LogP contribution in [-0.2, 0) is 4.74 Å². The van der Waals surface area contributed by atoms with Crippen molar-refractivity contribution in [1.82, 2.24) is 10.2 Å². The number of carbonyl (C=O) groups is 1. The molecule has 1 aromatic heterocycles. The molecule has 0 radical (unpaired) electrons. The van der Waals surface area contributed by atoms with Gasteiger partial charge in [0.25, 0.3) is 5.91 Å². The molecule has 2 aromatic rings. The molecule has 1 fully saturated rings. The molecule has 1 atom stereocenters. The fraction of sp³-hybridized carbons (Fsp3) is 0.353. The molecule has 6 heteroatoms. The molecule has 0 saturated carbocycles. The summed E-state index contributed by atoms with van der Waals surface area (Å²) in [5.74, 6) is 0.380. The number of carbonyl (C=O) groups excluding carboxylic acids is 1. The van der Waals surface area contributed by atoms with E-state index >= 15 is 0 Å². The van der Waals surface area contributed by atoms with Gasteiger partial charge in [0.1, 0.15) is 5.82 Å². The zero-order chi connectivity index (χ0) is 16.1. The van der Waals surface area contributed by atoms with Crippen LogP contribution in [0.25, 0.3) is 0 Å². The number of para-hydroxylation sites is 1. The number of aryl methyl sites for hydroxylation is 1. The van der Waals surface area contributed by atoms with Crippen molar-refractivity contribution in [3.05, 3.63) is 47.7 Å². The first kappa shape index (κ1) is 15.4. The molecule has 120 valence electrons. The van der Waals surface area contributed by atoms with Crippen molar-refractivity contribution in [3.63, 3.8) is 0 Å². The van der Waals surface area contributed by atoms with Gasteiger partial charge < -0.3 is 15.4 Å². The van der Waals surface area contributed by atoms with Gasteiger partial charge in [0, 0.05) is 18.8 Å². The molecular formula is C17H20N4O2. The Morgan fingerprint density at radius 3 is 2.83 bits per heavy atom. The van der Waals surface area contributed by atoms with E-state index in [1.54, 1.807) is 12.1 Å². The molecule has 0 bridgehead atoms. The van der Waals surface area contributed by atoms with Crippen molar-refractivity contribution >= 4 is 17.4 Å². The molecule has 1 amide bonds. The van der Waals surface area contributed by atoms with E-state index in [0.717, 1.165) is 30.7 Å². The standard InChI is InChI=1S/C17H20N4O2/c1-12-5-2-3-7-14(12)19-17(22)15-8-9-16(21-20-15)18-11-13-6-4-10-23-13/h2-3,5,7-9,13H,4,6,10-11H2,1H3,(H,18,21)(H,19,22). The van der Waals surface area contributed by atoms with Crippen molar-refractivity contribution in [2.24, 2.45) is 0 Å². The van der Waals surface area contributed by atoms with Gasteiger partial charge in [-0.3, -0.25) is 4.79 Å². The van der Waals surface area contributed by atoms with E-state index in [1.807, 2.05) is 31.2 Å². The molecular weight excluding hydrogens is 292 g/mol. The summed E-state index contributed by atoms with van der Waals surface area (Å²) in [6.45, 7) is 3.48. The Hall–Kier alpha value is -2.47. The van der Waals surface area contributed by atoms with E-state index in [4.69, 9.17) is 4.74 Å². The first-order valence-electron chi connectivity index (χ1n) is 7.78. The van der Waals surface area contributed by atoms with Crippen LogP contribution in [0.5, 0.6) is 0 Å². The van der Waals surface area contributed by atoms with Crippen LogP contribution in [0.1, 0.15) is 28.9 Å². The third-order valence-electron chi connectivity index (χ3n) is 3.83. The Morgan fingerprint density at radius 2 is 2.13 bits per heavy atom. The van der Waals surface area contributed by atoms with E-state index in [9.17, 15) is 4.79 Å². The van der Waals surface area contributed by atoms with Crippen molar-refractivity contribution in [1.29, 1.82) is 0 Å². The molecule has 0 aliphatic carbocycles. The number of anilines is 2. The monoisotopic (exact) mass is 312 g/mol. The predicted octanol–water partition coefficient (Wildman–Crippen LogP) is 2.63. The van der Waals surface area contributed by atoms with Gasteiger partial charge >= 0.3 is 0 Å². The van der Waals surface area contributed by atoms with Crippen LogP contribution in [0.3, 0.4) is 0 Å². The lowest BCUT2D eigenvalue weighted by molar-refractivity contribution is 0.102. The van der Waals surface area contributed by atoms with Gasteiger partial charge in [-0.05, 0) is 43.5 Å². The SMILES string of the molecule is Cc1ccccc1NC(=O)c1ccc(NCC2CCCO2)nn1. The zero-order valence-electron chi connectivity index (χ0n) is 13.1. The molecule has 1 saturated heterocycles. The van der Waals surface area contributed by atoms with Crippen LogP contribution in [0.2, 0.25) is 0 Å². The molecule has 2 heterocycles. The highest BCUT2D eigenvalue weighted by molar-refractivity contribution is 6.03. The average Bonchev–Trinajstić information content (AvgIpc) is 3.09. The first-order valence-corrected chi connectivity index (χ1v) is 7.78. The molecule has 1 aliphatic heterocycles. The van der Waals surface area contributed by atoms with Gasteiger partial charge in [-0.25, -0.2) is 0 Å². The minimum Gasteiger partial charge on any atom is -0.376 e. The summed E-state index contributed by atoms with van der Waals surface area (Å²) in [4.78, 5) is 12.2. The maximum Gasteiger partial charge on any atom is 0.276 e. The molecule has 1 aliphatic rings. The maximum absolute atomic E-state index is 12.2. The summed E-state index contributed by atoms with van der Waals surface area (Å²) >= 11 is 0. The van der Waals surface area contributed by atoms with Crippen LogP contribution in [0, 0.1) is 6.92 Å². The maximum atomic E-state index is 12.2. The highest BCUT2D eigenvalue weighted by Gasteiger charge is 2.15. The van der Waals surface area contributed by atoms with Gasteiger partial charge in [0.2, 0.25) is 0 Å². The summed E-state index contributed by atoms with van der Waals surface area (Å²) in [6, 6.07) is 11.0. The van der Waals surface area contributed by atoms with Gasteiger partial charge in [0.05, 0.1) is 6.10 Å². The second-order valence-corrected chi connectivity index (χ2v) is 5.59. The van der Waals surface area contributed by atoms with Crippen LogP contribution in [-0.4, -0.2) is 35.4 Å². The second kappa shape index (κ2) is 7.19. The third kappa shape index (κ3) is 4.04. The van der Waals surface area contributed by atoms with E-state index < -0.39 is 0 Å². The largest absolute Gasteiger partial charge is 0.376 e. The second-order valence-electron chi connectivity index (χ2n) is 5.59. The van der Waals surface area contributed by atoms with Crippen molar-refractivity contribution < 1.29 is 9.53 Å². The van der Waals surface area contributed by atoms with Gasteiger partial charge in [-0.2, -0.15) is 0 Å². The van der Waals surface area contributed by atoms with Crippen LogP contribution in [0.4, 0.5) is 11.5 Å². The van der Waals surface area contributed by atoms with Crippen molar-refractivity contribution in [2.75, 3.05) is 23.8 Å². The van der Waals surface area contributed by atoms with Crippen molar-refractivity contribution in [3.8, 4) is 0 Å². The van der Waals surface area contributed by atoms with Crippen LogP contribution >= 0.6 is 0 Å². The number of benzene rings is 1. The normalized spacial score (nSPS) is 17.0. The lowest BCUT2D eigenvalue weighted by atomic mass is 10.2. The predicted molar refractivity (Wildman–Crippen MR) is 88.6 cm³/mol. The summed E-state index contributed by atoms with van der Waals surface area (Å²) in [6.07, 6.45) is 2.41. The fourth-order valence-electron chi connectivity index (χ4n) is 2.47. The minimum absolute atomic E-state index is 0.237. The quantitative estimate of drug-likeness (QED) is 0.887. The Balaban J connectivity index is 1.57.